The zero-order valence-corrected chi connectivity index (χ0v) is 19.2. The first-order valence-electron chi connectivity index (χ1n) is 11.0. The largest absolute Gasteiger partial charge is 0.369 e. The minimum atomic E-state index is -3.74. The molecule has 3 aromatic rings. The van der Waals surface area contributed by atoms with E-state index in [9.17, 15) is 8.42 Å². The number of guanidine groups is 1. The summed E-state index contributed by atoms with van der Waals surface area (Å²) in [6.45, 7) is 2.34. The number of aliphatic imine (C=N–C) groups is 1. The second-order valence-electron chi connectivity index (χ2n) is 8.35. The Bertz CT molecular complexity index is 1300. The molecule has 5 rings (SSSR count). The number of sulfonamides is 1. The summed E-state index contributed by atoms with van der Waals surface area (Å²) in [5.74, 6) is 0.859. The summed E-state index contributed by atoms with van der Waals surface area (Å²) >= 11 is 0. The summed E-state index contributed by atoms with van der Waals surface area (Å²) in [5.41, 5.74) is 16.3. The second kappa shape index (κ2) is 8.20. The van der Waals surface area contributed by atoms with Crippen LogP contribution in [0.4, 0.5) is 11.5 Å². The molecule has 0 aliphatic carbocycles. The number of anilines is 1. The number of hydrogen-bond acceptors (Lipinski definition) is 7. The molecular weight excluding hydrogens is 438 g/mol. The summed E-state index contributed by atoms with van der Waals surface area (Å²) in [6, 6.07) is 14.6. The lowest BCUT2D eigenvalue weighted by molar-refractivity contribution is 0.226. The quantitative estimate of drug-likeness (QED) is 0.542. The number of nitrogens with zero attached hydrogens (tertiary/aromatic N) is 4. The van der Waals surface area contributed by atoms with E-state index in [1.165, 1.54) is 4.31 Å². The van der Waals surface area contributed by atoms with Gasteiger partial charge in [-0.2, -0.15) is 10.1 Å². The third-order valence-electron chi connectivity index (χ3n) is 6.45. The Morgan fingerprint density at radius 1 is 1.15 bits per heavy atom. The highest BCUT2D eigenvalue weighted by Gasteiger charge is 2.37. The molecule has 0 fully saturated rings. The number of H-pyrrole nitrogens is 1. The maximum atomic E-state index is 13.7. The average Bonchev–Trinajstić information content (AvgIpc) is 3.19. The zero-order chi connectivity index (χ0) is 23.2. The Labute approximate surface area is 193 Å². The number of hydrogen-bond donors (Lipinski definition) is 3. The number of aromatic nitrogens is 2. The number of aryl methyl sites for hydroxylation is 1. The number of benzene rings is 2. The van der Waals surface area contributed by atoms with E-state index >= 15 is 0 Å². The van der Waals surface area contributed by atoms with Crippen LogP contribution in [-0.4, -0.2) is 42.1 Å². The maximum absolute atomic E-state index is 13.7. The van der Waals surface area contributed by atoms with Gasteiger partial charge >= 0.3 is 0 Å². The molecule has 2 aromatic carbocycles. The van der Waals surface area contributed by atoms with Gasteiger partial charge in [-0.3, -0.25) is 9.40 Å². The van der Waals surface area contributed by atoms with Crippen molar-refractivity contribution in [3.63, 3.8) is 0 Å². The van der Waals surface area contributed by atoms with E-state index in [4.69, 9.17) is 11.5 Å². The van der Waals surface area contributed by atoms with Crippen molar-refractivity contribution in [2.75, 3.05) is 10.8 Å². The minimum absolute atomic E-state index is 0.129. The topological polar surface area (TPSA) is 134 Å². The van der Waals surface area contributed by atoms with Crippen LogP contribution in [0.15, 0.2) is 64.6 Å². The Morgan fingerprint density at radius 3 is 2.67 bits per heavy atom. The van der Waals surface area contributed by atoms with Crippen molar-refractivity contribution in [1.82, 2.24) is 15.1 Å². The summed E-state index contributed by atoms with van der Waals surface area (Å²) in [5, 5.41) is 6.84. The number of aromatic amines is 1. The van der Waals surface area contributed by atoms with Gasteiger partial charge in [-0.1, -0.05) is 37.3 Å². The van der Waals surface area contributed by atoms with Gasteiger partial charge in [-0.15, -0.1) is 0 Å². The normalized spacial score (nSPS) is 20.6. The molecule has 0 spiro atoms. The average molecular weight is 466 g/mol. The molecule has 1 aromatic heterocycles. The van der Waals surface area contributed by atoms with Gasteiger partial charge in [-0.25, -0.2) is 8.42 Å². The molecule has 33 heavy (non-hydrogen) atoms. The predicted molar refractivity (Wildman–Crippen MR) is 128 cm³/mol. The number of rotatable bonds is 4. The molecule has 2 aliphatic heterocycles. The van der Waals surface area contributed by atoms with E-state index < -0.39 is 16.2 Å². The molecule has 0 amide bonds. The Morgan fingerprint density at radius 2 is 1.91 bits per heavy atom. The van der Waals surface area contributed by atoms with Gasteiger partial charge in [0.1, 0.15) is 6.17 Å². The second-order valence-corrected chi connectivity index (χ2v) is 10.2. The molecule has 3 heterocycles. The van der Waals surface area contributed by atoms with Crippen molar-refractivity contribution in [2.24, 2.45) is 16.5 Å². The standard InChI is InChI=1S/C23H27N7O2S/c1-2-15-7-9-18(10-8-15)33(31,32)29-12-11-17(13-16-5-3-4-6-20(16)29)30-21(24)19-14-26-28-22(19)27-23(30)25/h3-10,14,17,21H,2,11-13,24H2,1H3,(H3,25,26,27,28). The van der Waals surface area contributed by atoms with Crippen LogP contribution in [0.25, 0.3) is 0 Å². The SMILES string of the molecule is CCc1ccc(S(=O)(=O)N2CCC(N3C(N)=Nc4[nH]ncc4C3N)Cc3ccccc32)cc1. The zero-order valence-electron chi connectivity index (χ0n) is 18.3. The first-order chi connectivity index (χ1) is 15.9. The fraction of sp³-hybridized carbons (Fsp3) is 0.304. The van der Waals surface area contributed by atoms with E-state index in [1.807, 2.05) is 48.2 Å². The Kier molecular flexibility index (Phi) is 5.34. The highest BCUT2D eigenvalue weighted by molar-refractivity contribution is 7.92. The molecule has 0 radical (unpaired) electrons. The predicted octanol–water partition coefficient (Wildman–Crippen LogP) is 2.40. The van der Waals surface area contributed by atoms with Gasteiger partial charge in [0.25, 0.3) is 10.0 Å². The van der Waals surface area contributed by atoms with Crippen molar-refractivity contribution in [1.29, 1.82) is 0 Å². The molecule has 0 saturated heterocycles. The Hall–Kier alpha value is -3.37. The van der Waals surface area contributed by atoms with E-state index in [0.29, 0.717) is 36.9 Å². The first-order valence-corrected chi connectivity index (χ1v) is 12.4. The fourth-order valence-corrected chi connectivity index (χ4v) is 6.17. The summed E-state index contributed by atoms with van der Waals surface area (Å²) < 4.78 is 28.8. The molecular formula is C23H27N7O2S. The number of para-hydroxylation sites is 1. The van der Waals surface area contributed by atoms with Crippen LogP contribution in [0.5, 0.6) is 0 Å². The number of fused-ring (bicyclic) bond motifs is 2. The van der Waals surface area contributed by atoms with Crippen LogP contribution < -0.4 is 15.8 Å². The smallest absolute Gasteiger partial charge is 0.264 e. The number of nitrogens with one attached hydrogen (secondary N) is 1. The molecule has 9 nitrogen and oxygen atoms in total. The molecule has 5 N–H and O–H groups in total. The van der Waals surface area contributed by atoms with E-state index in [1.54, 1.807) is 18.3 Å². The molecule has 2 atom stereocenters. The van der Waals surface area contributed by atoms with Crippen LogP contribution in [0, 0.1) is 0 Å². The fourth-order valence-electron chi connectivity index (χ4n) is 4.65. The van der Waals surface area contributed by atoms with Crippen molar-refractivity contribution in [3.05, 3.63) is 71.4 Å². The van der Waals surface area contributed by atoms with Crippen LogP contribution in [0.1, 0.15) is 36.2 Å². The molecule has 2 aliphatic rings. The van der Waals surface area contributed by atoms with Crippen LogP contribution in [0.2, 0.25) is 0 Å². The van der Waals surface area contributed by atoms with Crippen LogP contribution >= 0.6 is 0 Å². The molecule has 2 unspecified atom stereocenters. The third kappa shape index (κ3) is 3.65. The van der Waals surface area contributed by atoms with Crippen molar-refractivity contribution in [3.8, 4) is 0 Å². The highest BCUT2D eigenvalue weighted by atomic mass is 32.2. The lowest BCUT2D eigenvalue weighted by Crippen LogP contribution is -2.52. The van der Waals surface area contributed by atoms with Gasteiger partial charge in [0.05, 0.1) is 22.3 Å². The molecule has 0 bridgehead atoms. The van der Waals surface area contributed by atoms with Gasteiger partial charge in [0.2, 0.25) is 0 Å². The lowest BCUT2D eigenvalue weighted by atomic mass is 10.0. The van der Waals surface area contributed by atoms with E-state index in [0.717, 1.165) is 23.1 Å². The summed E-state index contributed by atoms with van der Waals surface area (Å²) in [4.78, 5) is 6.58. The van der Waals surface area contributed by atoms with Gasteiger partial charge < -0.3 is 16.4 Å². The van der Waals surface area contributed by atoms with Crippen LogP contribution in [0.3, 0.4) is 0 Å². The third-order valence-corrected chi connectivity index (χ3v) is 8.28. The number of nitrogens with two attached hydrogens (primary N) is 2. The minimum Gasteiger partial charge on any atom is -0.369 e. The van der Waals surface area contributed by atoms with Gasteiger partial charge in [0, 0.05) is 12.6 Å². The van der Waals surface area contributed by atoms with Crippen molar-refractivity contribution in [2.45, 2.75) is 43.3 Å². The maximum Gasteiger partial charge on any atom is 0.264 e. The Balaban J connectivity index is 1.51. The first kappa shape index (κ1) is 21.5. The van der Waals surface area contributed by atoms with E-state index in [-0.39, 0.29) is 10.9 Å². The van der Waals surface area contributed by atoms with E-state index in [2.05, 4.69) is 15.2 Å². The van der Waals surface area contributed by atoms with Gasteiger partial charge in [-0.05, 0) is 48.6 Å². The lowest BCUT2D eigenvalue weighted by Gasteiger charge is -2.38. The summed E-state index contributed by atoms with van der Waals surface area (Å²) in [7, 11) is -3.74. The molecule has 172 valence electrons. The van der Waals surface area contributed by atoms with Crippen molar-refractivity contribution >= 4 is 27.5 Å². The highest BCUT2D eigenvalue weighted by Crippen LogP contribution is 2.36. The molecule has 0 saturated carbocycles. The molecule has 10 heteroatoms. The monoisotopic (exact) mass is 465 g/mol. The van der Waals surface area contributed by atoms with Crippen LogP contribution in [-0.2, 0) is 22.9 Å². The van der Waals surface area contributed by atoms with Crippen molar-refractivity contribution < 1.29 is 8.42 Å². The van der Waals surface area contributed by atoms with Gasteiger partial charge in [0.15, 0.2) is 11.8 Å². The summed E-state index contributed by atoms with van der Waals surface area (Å²) in [6.07, 6.45) is 3.13.